The molecule has 2 aliphatic rings. The lowest BCUT2D eigenvalue weighted by Crippen LogP contribution is -2.61. The van der Waals surface area contributed by atoms with Gasteiger partial charge in [0.2, 0.25) is 23.6 Å². The number of amides is 5. The number of hydrogen-bond donors (Lipinski definition) is 2. The lowest BCUT2D eigenvalue weighted by atomic mass is 9.92. The average Bonchev–Trinajstić information content (AvgIpc) is 3.46. The van der Waals surface area contributed by atoms with Gasteiger partial charge < -0.3 is 30.1 Å². The number of hydrogen-bond acceptors (Lipinski definition) is 7. The van der Waals surface area contributed by atoms with Gasteiger partial charge >= 0.3 is 5.97 Å². The summed E-state index contributed by atoms with van der Waals surface area (Å²) >= 11 is 0. The third kappa shape index (κ3) is 8.92. The van der Waals surface area contributed by atoms with Gasteiger partial charge in [-0.2, -0.15) is 0 Å². The number of carbonyl (C=O) groups excluding carboxylic acids is 6. The van der Waals surface area contributed by atoms with Crippen molar-refractivity contribution in [1.82, 2.24) is 25.3 Å². The van der Waals surface area contributed by atoms with E-state index in [9.17, 15) is 28.8 Å². The zero-order valence-corrected chi connectivity index (χ0v) is 27.5. The van der Waals surface area contributed by atoms with Crippen LogP contribution in [0.25, 0.3) is 0 Å². The molecule has 12 heteroatoms. The third-order valence-corrected chi connectivity index (χ3v) is 8.99. The van der Waals surface area contributed by atoms with E-state index in [0.717, 1.165) is 0 Å². The van der Waals surface area contributed by atoms with E-state index in [0.29, 0.717) is 32.2 Å². The van der Waals surface area contributed by atoms with Crippen LogP contribution in [0.5, 0.6) is 0 Å². The number of fused-ring (bicyclic) bond motifs is 1. The van der Waals surface area contributed by atoms with Crippen molar-refractivity contribution in [3.05, 3.63) is 0 Å². The zero-order chi connectivity index (χ0) is 32.6. The van der Waals surface area contributed by atoms with E-state index in [1.807, 2.05) is 41.5 Å². The molecule has 244 valence electrons. The Morgan fingerprint density at radius 3 is 2.09 bits per heavy atom. The van der Waals surface area contributed by atoms with Gasteiger partial charge in [-0.1, -0.05) is 54.4 Å². The Hall–Kier alpha value is -3.18. The predicted octanol–water partition coefficient (Wildman–Crippen LogP) is 1.71. The van der Waals surface area contributed by atoms with Crippen molar-refractivity contribution in [3.8, 4) is 0 Å². The van der Waals surface area contributed by atoms with Crippen LogP contribution in [0.1, 0.15) is 87.0 Å². The van der Waals surface area contributed by atoms with E-state index >= 15 is 0 Å². The topological polar surface area (TPSA) is 145 Å². The fourth-order valence-electron chi connectivity index (χ4n) is 5.65. The monoisotopic (exact) mass is 609 g/mol. The van der Waals surface area contributed by atoms with E-state index in [2.05, 4.69) is 10.6 Å². The van der Waals surface area contributed by atoms with E-state index in [-0.39, 0.29) is 37.1 Å². The maximum absolute atomic E-state index is 14.0. The van der Waals surface area contributed by atoms with Crippen LogP contribution < -0.4 is 10.6 Å². The molecule has 0 aromatic rings. The maximum atomic E-state index is 14.0. The summed E-state index contributed by atoms with van der Waals surface area (Å²) in [6.07, 6.45) is 1.24. The number of likely N-dealkylation sites (N-methyl/N-ethyl adjacent to an activating group) is 2. The highest BCUT2D eigenvalue weighted by atomic mass is 16.5. The van der Waals surface area contributed by atoms with Crippen molar-refractivity contribution in [2.75, 3.05) is 27.2 Å². The molecule has 0 aliphatic carbocycles. The summed E-state index contributed by atoms with van der Waals surface area (Å²) in [5, 5.41) is 5.60. The molecule has 2 heterocycles. The first-order chi connectivity index (χ1) is 20.2. The number of carbonyl (C=O) groups is 6. The first-order valence-electron chi connectivity index (χ1n) is 15.8. The van der Waals surface area contributed by atoms with Crippen molar-refractivity contribution in [3.63, 3.8) is 0 Å². The highest BCUT2D eigenvalue weighted by Crippen LogP contribution is 2.24. The second-order valence-electron chi connectivity index (χ2n) is 12.6. The van der Waals surface area contributed by atoms with Gasteiger partial charge in [0.05, 0.1) is 6.42 Å². The molecular weight excluding hydrogens is 556 g/mol. The van der Waals surface area contributed by atoms with Crippen molar-refractivity contribution in [2.24, 2.45) is 17.8 Å². The fraction of sp³-hybridized carbons (Fsp3) is 0.806. The number of ether oxygens (including phenoxy) is 1. The summed E-state index contributed by atoms with van der Waals surface area (Å²) in [6.45, 7) is 13.3. The molecule has 0 aromatic heterocycles. The quantitative estimate of drug-likeness (QED) is 0.436. The second kappa shape index (κ2) is 16.0. The number of nitrogens with one attached hydrogen (secondary N) is 2. The molecule has 2 N–H and O–H groups in total. The molecule has 2 rings (SSSR count). The Labute approximate surface area is 256 Å². The minimum atomic E-state index is -1.07. The van der Waals surface area contributed by atoms with Gasteiger partial charge in [0, 0.05) is 27.2 Å². The predicted molar refractivity (Wildman–Crippen MR) is 161 cm³/mol. The fourth-order valence-corrected chi connectivity index (χ4v) is 5.65. The summed E-state index contributed by atoms with van der Waals surface area (Å²) in [5.41, 5.74) is 0. The van der Waals surface area contributed by atoms with E-state index < -0.39 is 65.8 Å². The summed E-state index contributed by atoms with van der Waals surface area (Å²) in [6, 6.07) is -3.50. The van der Waals surface area contributed by atoms with Gasteiger partial charge in [0.15, 0.2) is 6.10 Å². The van der Waals surface area contributed by atoms with Crippen LogP contribution in [0.2, 0.25) is 0 Å². The SMILES string of the molecule is CC[C@H](C)C1C(=O)N(C)[C@@H](C)C(=O)N[14CH2]CC(=O)O[C@H](CC(C)C)C(=O)N2CCC[C@H]2C(=O)N[C@@H]([C@@H](C)CC)C(=O)N1C. The second-order valence-corrected chi connectivity index (χ2v) is 12.6. The first kappa shape index (κ1) is 36.0. The normalized spacial score (nSPS) is 28.9. The van der Waals surface area contributed by atoms with Crippen molar-refractivity contribution in [2.45, 2.75) is 117 Å². The lowest BCUT2D eigenvalue weighted by molar-refractivity contribution is -0.162. The molecule has 0 spiro atoms. The highest BCUT2D eigenvalue weighted by Gasteiger charge is 2.43. The van der Waals surface area contributed by atoms with Crippen LogP contribution in [0.3, 0.4) is 0 Å². The van der Waals surface area contributed by atoms with Crippen LogP contribution in [-0.2, 0) is 33.5 Å². The Morgan fingerprint density at radius 1 is 0.884 bits per heavy atom. The maximum Gasteiger partial charge on any atom is 0.308 e. The number of nitrogens with zero attached hydrogens (tertiary/aromatic N) is 3. The average molecular weight is 610 g/mol. The number of rotatable bonds is 6. The van der Waals surface area contributed by atoms with Crippen LogP contribution in [0.4, 0.5) is 0 Å². The largest absolute Gasteiger partial charge is 0.452 e. The van der Waals surface area contributed by atoms with Gasteiger partial charge in [0.1, 0.15) is 24.2 Å². The molecule has 2 fully saturated rings. The van der Waals surface area contributed by atoms with Crippen LogP contribution in [0.15, 0.2) is 0 Å². The molecule has 0 bridgehead atoms. The molecular formula is C31H53N5O7. The van der Waals surface area contributed by atoms with Crippen molar-refractivity contribution < 1.29 is 33.5 Å². The molecule has 0 aromatic carbocycles. The Balaban J connectivity index is 2.56. The van der Waals surface area contributed by atoms with Gasteiger partial charge in [-0.25, -0.2) is 0 Å². The zero-order valence-electron chi connectivity index (χ0n) is 27.5. The van der Waals surface area contributed by atoms with Crippen LogP contribution in [0, 0.1) is 17.8 Å². The van der Waals surface area contributed by atoms with Crippen molar-refractivity contribution >= 4 is 35.5 Å². The number of cyclic esters (lactones) is 1. The molecule has 0 radical (unpaired) electrons. The van der Waals surface area contributed by atoms with Crippen molar-refractivity contribution in [1.29, 1.82) is 0 Å². The van der Waals surface area contributed by atoms with E-state index in [4.69, 9.17) is 4.74 Å². The Bertz CT molecular complexity index is 1030. The van der Waals surface area contributed by atoms with Crippen LogP contribution in [-0.4, -0.2) is 108 Å². The summed E-state index contributed by atoms with van der Waals surface area (Å²) < 4.78 is 5.60. The minimum absolute atomic E-state index is 0.0354. The Morgan fingerprint density at radius 2 is 1.51 bits per heavy atom. The molecule has 5 amide bonds. The third-order valence-electron chi connectivity index (χ3n) is 8.99. The molecule has 2 aliphatic heterocycles. The van der Waals surface area contributed by atoms with Crippen LogP contribution >= 0.6 is 0 Å². The van der Waals surface area contributed by atoms with E-state index in [1.165, 1.54) is 21.7 Å². The number of esters is 1. The minimum Gasteiger partial charge on any atom is -0.452 e. The molecule has 43 heavy (non-hydrogen) atoms. The molecule has 0 saturated carbocycles. The molecule has 1 unspecified atom stereocenters. The summed E-state index contributed by atoms with van der Waals surface area (Å²) in [5.74, 6) is -3.27. The van der Waals surface area contributed by atoms with Gasteiger partial charge in [0.25, 0.3) is 5.91 Å². The smallest absolute Gasteiger partial charge is 0.308 e. The lowest BCUT2D eigenvalue weighted by Gasteiger charge is -2.38. The first-order valence-corrected chi connectivity index (χ1v) is 15.8. The van der Waals surface area contributed by atoms with Gasteiger partial charge in [-0.15, -0.1) is 0 Å². The Kier molecular flexibility index (Phi) is 13.4. The van der Waals surface area contributed by atoms with Gasteiger partial charge in [-0.3, -0.25) is 28.8 Å². The van der Waals surface area contributed by atoms with Gasteiger partial charge in [-0.05, 0) is 43.9 Å². The standard InChI is InChI=1S/C31H53N5O7/c1-10-19(5)25-30(41)35(9)26(20(6)11-2)31(42)34(8)21(7)27(38)32-15-14-24(37)43-23(17-18(3)4)29(40)36-16-12-13-22(36)28(39)33-25/h18-23,25-26H,10-17H2,1-9H3,(H,32,38)(H,33,39)/t19-,20-,21-,22-,23+,25-,26?/m0/s1/i15+2. The molecule has 7 atom stereocenters. The highest BCUT2D eigenvalue weighted by molar-refractivity contribution is 5.96. The summed E-state index contributed by atoms with van der Waals surface area (Å²) in [4.78, 5) is 85.1. The molecule has 12 nitrogen and oxygen atoms in total. The summed E-state index contributed by atoms with van der Waals surface area (Å²) in [7, 11) is 3.08. The molecule has 2 saturated heterocycles. The van der Waals surface area contributed by atoms with E-state index in [1.54, 1.807) is 14.0 Å².